The summed E-state index contributed by atoms with van der Waals surface area (Å²) in [6.45, 7) is 6.58. The highest BCUT2D eigenvalue weighted by Gasteiger charge is 2.31. The summed E-state index contributed by atoms with van der Waals surface area (Å²) in [7, 11) is 0. The monoisotopic (exact) mass is 290 g/mol. The number of hydrogen-bond donors (Lipinski definition) is 1. The molecule has 1 aromatic rings. The summed E-state index contributed by atoms with van der Waals surface area (Å²) in [4.78, 5) is 15.3. The smallest absolute Gasteiger partial charge is 0.265 e. The molecule has 1 fully saturated rings. The molecular weight excluding hydrogens is 268 g/mol. The van der Waals surface area contributed by atoms with Crippen molar-refractivity contribution in [2.24, 2.45) is 11.1 Å². The van der Waals surface area contributed by atoms with Gasteiger partial charge in [0.15, 0.2) is 0 Å². The molecule has 0 aliphatic carbocycles. The van der Waals surface area contributed by atoms with E-state index in [0.29, 0.717) is 12.0 Å². The molecule has 3 nitrogen and oxygen atoms in total. The van der Waals surface area contributed by atoms with E-state index in [-0.39, 0.29) is 5.91 Å². The summed E-state index contributed by atoms with van der Waals surface area (Å²) in [6.07, 6.45) is 3.36. The Bertz CT molecular complexity index is 530. The summed E-state index contributed by atoms with van der Waals surface area (Å²) < 4.78 is 0. The number of nitrogens with zero attached hydrogens (tertiary/aromatic N) is 1. The van der Waals surface area contributed by atoms with Gasteiger partial charge in [0.25, 0.3) is 5.91 Å². The topological polar surface area (TPSA) is 46.3 Å². The first kappa shape index (κ1) is 15.1. The van der Waals surface area contributed by atoms with Crippen LogP contribution in [0.25, 0.3) is 0 Å². The van der Waals surface area contributed by atoms with Crippen molar-refractivity contribution < 1.29 is 4.79 Å². The van der Waals surface area contributed by atoms with Crippen molar-refractivity contribution in [3.05, 3.63) is 21.9 Å². The van der Waals surface area contributed by atoms with Crippen LogP contribution in [-0.4, -0.2) is 30.4 Å². The molecule has 1 saturated heterocycles. The van der Waals surface area contributed by atoms with Gasteiger partial charge in [-0.05, 0) is 29.7 Å². The van der Waals surface area contributed by atoms with Crippen molar-refractivity contribution in [1.82, 2.24) is 4.90 Å². The lowest BCUT2D eigenvalue weighted by Gasteiger charge is -2.38. The summed E-state index contributed by atoms with van der Waals surface area (Å²) in [6, 6.07) is 1.90. The van der Waals surface area contributed by atoms with Gasteiger partial charge in [-0.1, -0.05) is 32.1 Å². The first-order valence-electron chi connectivity index (χ1n) is 7.15. The van der Waals surface area contributed by atoms with Crippen LogP contribution in [0.2, 0.25) is 0 Å². The van der Waals surface area contributed by atoms with Gasteiger partial charge in [-0.3, -0.25) is 4.79 Å². The van der Waals surface area contributed by atoms with Crippen molar-refractivity contribution in [3.63, 3.8) is 0 Å². The standard InChI is InChI=1S/C16H22N2OS/c1-3-16(2)7-10-18(11-8-16)15(19)14-13(5-4-9-17)6-12-20-14/h6,12H,3,7-11,17H2,1-2H3. The van der Waals surface area contributed by atoms with Crippen LogP contribution in [-0.2, 0) is 0 Å². The van der Waals surface area contributed by atoms with Crippen molar-refractivity contribution in [1.29, 1.82) is 0 Å². The van der Waals surface area contributed by atoms with Crippen LogP contribution < -0.4 is 5.73 Å². The molecule has 20 heavy (non-hydrogen) atoms. The second kappa shape index (κ2) is 6.43. The summed E-state index contributed by atoms with van der Waals surface area (Å²) in [5, 5.41) is 1.92. The van der Waals surface area contributed by atoms with E-state index in [9.17, 15) is 4.79 Å². The average molecular weight is 290 g/mol. The second-order valence-electron chi connectivity index (χ2n) is 5.63. The Morgan fingerprint density at radius 3 is 2.80 bits per heavy atom. The van der Waals surface area contributed by atoms with Crippen LogP contribution in [0.1, 0.15) is 48.3 Å². The molecule has 1 aliphatic heterocycles. The third-order valence-corrected chi connectivity index (χ3v) is 5.20. The van der Waals surface area contributed by atoms with E-state index in [1.54, 1.807) is 0 Å². The van der Waals surface area contributed by atoms with Gasteiger partial charge in [-0.2, -0.15) is 0 Å². The van der Waals surface area contributed by atoms with Gasteiger partial charge in [0, 0.05) is 18.7 Å². The lowest BCUT2D eigenvalue weighted by molar-refractivity contribution is 0.0605. The molecule has 1 aromatic heterocycles. The van der Waals surface area contributed by atoms with Crippen molar-refractivity contribution in [2.75, 3.05) is 19.6 Å². The minimum atomic E-state index is 0.125. The highest BCUT2D eigenvalue weighted by molar-refractivity contribution is 7.12. The fourth-order valence-corrected chi connectivity index (χ4v) is 3.28. The molecule has 1 amide bonds. The SMILES string of the molecule is CCC1(C)CCN(C(=O)c2sccc2C#CCN)CC1. The van der Waals surface area contributed by atoms with E-state index in [1.165, 1.54) is 17.8 Å². The predicted octanol–water partition coefficient (Wildman–Crippen LogP) is 2.71. The summed E-state index contributed by atoms with van der Waals surface area (Å²) in [5.74, 6) is 5.94. The number of nitrogens with two attached hydrogens (primary N) is 1. The van der Waals surface area contributed by atoms with E-state index < -0.39 is 0 Å². The van der Waals surface area contributed by atoms with Gasteiger partial charge in [-0.25, -0.2) is 0 Å². The Hall–Kier alpha value is -1.31. The normalized spacial score (nSPS) is 17.4. The Balaban J connectivity index is 2.08. The Kier molecular flexibility index (Phi) is 4.85. The fourth-order valence-electron chi connectivity index (χ4n) is 2.47. The number of likely N-dealkylation sites (tertiary alicyclic amines) is 1. The number of thiophene rings is 1. The van der Waals surface area contributed by atoms with Gasteiger partial charge >= 0.3 is 0 Å². The third kappa shape index (κ3) is 3.23. The maximum absolute atomic E-state index is 12.6. The molecule has 4 heteroatoms. The molecule has 0 bridgehead atoms. The number of carbonyl (C=O) groups excluding carboxylic acids is 1. The summed E-state index contributed by atoms with van der Waals surface area (Å²) >= 11 is 1.47. The van der Waals surface area contributed by atoms with E-state index in [4.69, 9.17) is 5.73 Å². The van der Waals surface area contributed by atoms with Gasteiger partial charge in [0.1, 0.15) is 4.88 Å². The summed E-state index contributed by atoms with van der Waals surface area (Å²) in [5.41, 5.74) is 6.61. The van der Waals surface area contributed by atoms with Crippen LogP contribution in [0.3, 0.4) is 0 Å². The number of amides is 1. The molecule has 0 spiro atoms. The predicted molar refractivity (Wildman–Crippen MR) is 83.8 cm³/mol. The largest absolute Gasteiger partial charge is 0.338 e. The zero-order chi connectivity index (χ0) is 14.6. The minimum absolute atomic E-state index is 0.125. The molecule has 2 N–H and O–H groups in total. The molecule has 0 saturated carbocycles. The van der Waals surface area contributed by atoms with E-state index in [2.05, 4.69) is 25.7 Å². The zero-order valence-corrected chi connectivity index (χ0v) is 13.1. The highest BCUT2D eigenvalue weighted by atomic mass is 32.1. The van der Waals surface area contributed by atoms with Crippen LogP contribution >= 0.6 is 11.3 Å². The molecule has 2 heterocycles. The Labute approximate surface area is 125 Å². The first-order valence-corrected chi connectivity index (χ1v) is 8.03. The van der Waals surface area contributed by atoms with Crippen LogP contribution in [0, 0.1) is 17.3 Å². The molecule has 2 rings (SSSR count). The van der Waals surface area contributed by atoms with Crippen LogP contribution in [0.4, 0.5) is 0 Å². The van der Waals surface area contributed by atoms with Crippen molar-refractivity contribution in [2.45, 2.75) is 33.1 Å². The first-order chi connectivity index (χ1) is 9.59. The zero-order valence-electron chi connectivity index (χ0n) is 12.2. The highest BCUT2D eigenvalue weighted by Crippen LogP contribution is 2.34. The second-order valence-corrected chi connectivity index (χ2v) is 6.54. The lowest BCUT2D eigenvalue weighted by Crippen LogP contribution is -2.41. The molecule has 1 aliphatic rings. The molecule has 0 aromatic carbocycles. The molecule has 0 radical (unpaired) electrons. The number of carbonyl (C=O) groups is 1. The lowest BCUT2D eigenvalue weighted by atomic mass is 9.78. The minimum Gasteiger partial charge on any atom is -0.338 e. The number of rotatable bonds is 2. The molecule has 0 atom stereocenters. The van der Waals surface area contributed by atoms with Gasteiger partial charge in [0.05, 0.1) is 6.54 Å². The molecular formula is C16H22N2OS. The van der Waals surface area contributed by atoms with E-state index in [0.717, 1.165) is 36.4 Å². The molecule has 0 unspecified atom stereocenters. The van der Waals surface area contributed by atoms with Gasteiger partial charge < -0.3 is 10.6 Å². The van der Waals surface area contributed by atoms with E-state index in [1.807, 2.05) is 16.3 Å². The number of piperidine rings is 1. The van der Waals surface area contributed by atoms with Gasteiger partial charge in [0.2, 0.25) is 0 Å². The molecule has 108 valence electrons. The van der Waals surface area contributed by atoms with Crippen molar-refractivity contribution >= 4 is 17.2 Å². The maximum Gasteiger partial charge on any atom is 0.265 e. The Morgan fingerprint density at radius 1 is 1.50 bits per heavy atom. The van der Waals surface area contributed by atoms with Crippen molar-refractivity contribution in [3.8, 4) is 11.8 Å². The third-order valence-electron chi connectivity index (χ3n) is 4.30. The quantitative estimate of drug-likeness (QED) is 0.851. The fraction of sp³-hybridized carbons (Fsp3) is 0.562. The van der Waals surface area contributed by atoms with Gasteiger partial charge in [-0.15, -0.1) is 11.3 Å². The Morgan fingerprint density at radius 2 is 2.20 bits per heavy atom. The maximum atomic E-state index is 12.6. The van der Waals surface area contributed by atoms with E-state index >= 15 is 0 Å². The number of hydrogen-bond acceptors (Lipinski definition) is 3. The average Bonchev–Trinajstić information content (AvgIpc) is 2.93. The van der Waals surface area contributed by atoms with Crippen LogP contribution in [0.5, 0.6) is 0 Å². The van der Waals surface area contributed by atoms with Crippen LogP contribution in [0.15, 0.2) is 11.4 Å².